The molecule has 5 heteroatoms. The summed E-state index contributed by atoms with van der Waals surface area (Å²) < 4.78 is 0.812. The summed E-state index contributed by atoms with van der Waals surface area (Å²) in [6.07, 6.45) is 2.13. The second-order valence-corrected chi connectivity index (χ2v) is 4.97. The highest BCUT2D eigenvalue weighted by atomic mass is 79.9. The first-order valence-electron chi connectivity index (χ1n) is 6.10. The number of benzene rings is 1. The van der Waals surface area contributed by atoms with E-state index in [-0.39, 0.29) is 12.4 Å². The molecule has 1 aromatic carbocycles. The third-order valence-electron chi connectivity index (χ3n) is 2.75. The van der Waals surface area contributed by atoms with E-state index >= 15 is 0 Å². The lowest BCUT2D eigenvalue weighted by Crippen LogP contribution is -2.30. The number of rotatable bonds is 7. The highest BCUT2D eigenvalue weighted by Crippen LogP contribution is 2.27. The Hall–Kier alpha value is -1.07. The Kier molecular flexibility index (Phi) is 6.15. The van der Waals surface area contributed by atoms with Crippen molar-refractivity contribution in [3.8, 4) is 0 Å². The lowest BCUT2D eigenvalue weighted by molar-refractivity contribution is 0.301. The van der Waals surface area contributed by atoms with Crippen molar-refractivity contribution in [2.45, 2.75) is 19.8 Å². The summed E-state index contributed by atoms with van der Waals surface area (Å²) in [7, 11) is 0. The van der Waals surface area contributed by atoms with E-state index < -0.39 is 0 Å². The number of halogens is 1. The highest BCUT2D eigenvalue weighted by Gasteiger charge is 2.15. The first-order chi connectivity index (χ1) is 8.61. The van der Waals surface area contributed by atoms with Crippen LogP contribution in [0.25, 0.3) is 0 Å². The topological polar surface area (TPSA) is 73.3 Å². The average Bonchev–Trinajstić information content (AvgIpc) is 2.33. The molecule has 1 aromatic rings. The van der Waals surface area contributed by atoms with Gasteiger partial charge in [0.1, 0.15) is 5.84 Å². The molecule has 0 aliphatic rings. The zero-order valence-electron chi connectivity index (χ0n) is 10.6. The van der Waals surface area contributed by atoms with Crippen LogP contribution in [0.1, 0.15) is 25.3 Å². The molecule has 18 heavy (non-hydrogen) atoms. The minimum atomic E-state index is 0.0388. The number of unbranched alkanes of at least 4 members (excludes halogenated alkanes) is 1. The number of nitrogens with one attached hydrogen (secondary N) is 1. The lowest BCUT2D eigenvalue weighted by atomic mass is 10.1. The molecule has 4 N–H and O–H groups in total. The monoisotopic (exact) mass is 313 g/mol. The summed E-state index contributed by atoms with van der Waals surface area (Å²) in [6, 6.07) is 5.73. The fourth-order valence-corrected chi connectivity index (χ4v) is 2.43. The van der Waals surface area contributed by atoms with Gasteiger partial charge in [-0.05, 0) is 34.5 Å². The Morgan fingerprint density at radius 2 is 2.17 bits per heavy atom. The molecule has 4 nitrogen and oxygen atoms in total. The number of hydrogen-bond donors (Lipinski definition) is 3. The van der Waals surface area contributed by atoms with Gasteiger partial charge in [0.05, 0.1) is 12.2 Å². The van der Waals surface area contributed by atoms with Crippen LogP contribution < -0.4 is 10.6 Å². The fourth-order valence-electron chi connectivity index (χ4n) is 1.87. The van der Waals surface area contributed by atoms with Crippen LogP contribution in [0.4, 0.5) is 5.69 Å². The van der Waals surface area contributed by atoms with Gasteiger partial charge in [0.2, 0.25) is 0 Å². The van der Waals surface area contributed by atoms with E-state index in [1.165, 1.54) is 0 Å². The third kappa shape index (κ3) is 3.71. The van der Waals surface area contributed by atoms with E-state index in [0.717, 1.165) is 29.5 Å². The molecule has 0 bridgehead atoms. The molecule has 0 heterocycles. The van der Waals surface area contributed by atoms with E-state index in [0.29, 0.717) is 12.1 Å². The van der Waals surface area contributed by atoms with Crippen LogP contribution in [0, 0.1) is 5.41 Å². The molecule has 0 atom stereocenters. The molecule has 0 radical (unpaired) electrons. The van der Waals surface area contributed by atoms with Crippen molar-refractivity contribution in [3.63, 3.8) is 0 Å². The van der Waals surface area contributed by atoms with Crippen LogP contribution in [-0.2, 0) is 0 Å². The third-order valence-corrected chi connectivity index (χ3v) is 3.41. The summed E-state index contributed by atoms with van der Waals surface area (Å²) in [5, 5.41) is 16.8. The minimum Gasteiger partial charge on any atom is -0.395 e. The van der Waals surface area contributed by atoms with Gasteiger partial charge in [-0.15, -0.1) is 0 Å². The SMILES string of the molecule is CCCCN(CCO)c1cccc(Br)c1C(=N)N. The zero-order valence-corrected chi connectivity index (χ0v) is 12.2. The number of nitrogens with two attached hydrogens (primary N) is 1. The van der Waals surface area contributed by atoms with Gasteiger partial charge in [-0.25, -0.2) is 0 Å². The van der Waals surface area contributed by atoms with E-state index in [1.54, 1.807) is 0 Å². The van der Waals surface area contributed by atoms with Crippen LogP contribution in [0.2, 0.25) is 0 Å². The molecule has 0 saturated heterocycles. The maximum Gasteiger partial charge on any atom is 0.126 e. The van der Waals surface area contributed by atoms with E-state index in [4.69, 9.17) is 16.2 Å². The van der Waals surface area contributed by atoms with Gasteiger partial charge in [0, 0.05) is 23.2 Å². The van der Waals surface area contributed by atoms with E-state index in [2.05, 4.69) is 27.8 Å². The molecule has 0 aliphatic heterocycles. The molecule has 0 unspecified atom stereocenters. The van der Waals surface area contributed by atoms with Crippen LogP contribution in [0.15, 0.2) is 22.7 Å². The molecule has 1 rings (SSSR count). The van der Waals surface area contributed by atoms with Gasteiger partial charge >= 0.3 is 0 Å². The quantitative estimate of drug-likeness (QED) is 0.534. The maximum atomic E-state index is 9.16. The van der Waals surface area contributed by atoms with Gasteiger partial charge in [-0.2, -0.15) is 0 Å². The molecular formula is C13H20BrN3O. The fraction of sp³-hybridized carbons (Fsp3) is 0.462. The maximum absolute atomic E-state index is 9.16. The Bertz CT molecular complexity index is 409. The largest absolute Gasteiger partial charge is 0.395 e. The summed E-state index contributed by atoms with van der Waals surface area (Å²) in [5.41, 5.74) is 7.24. The van der Waals surface area contributed by atoms with E-state index in [1.807, 2.05) is 18.2 Å². The molecule has 0 spiro atoms. The van der Waals surface area contributed by atoms with E-state index in [9.17, 15) is 0 Å². The molecule has 0 amide bonds. The average molecular weight is 314 g/mol. The van der Waals surface area contributed by atoms with Crippen LogP contribution in [-0.4, -0.2) is 30.6 Å². The zero-order chi connectivity index (χ0) is 13.5. The van der Waals surface area contributed by atoms with Crippen molar-refractivity contribution in [1.29, 1.82) is 5.41 Å². The lowest BCUT2D eigenvalue weighted by Gasteiger charge is -2.26. The Morgan fingerprint density at radius 1 is 1.44 bits per heavy atom. The van der Waals surface area contributed by atoms with Crippen molar-refractivity contribution >= 4 is 27.5 Å². The minimum absolute atomic E-state index is 0.0388. The van der Waals surface area contributed by atoms with Crippen molar-refractivity contribution < 1.29 is 5.11 Å². The number of anilines is 1. The van der Waals surface area contributed by atoms with Gasteiger partial charge in [0.25, 0.3) is 0 Å². The van der Waals surface area contributed by atoms with Crippen molar-refractivity contribution in [1.82, 2.24) is 0 Å². The predicted molar refractivity (Wildman–Crippen MR) is 79.4 cm³/mol. The number of aliphatic hydroxyl groups is 1. The molecule has 100 valence electrons. The van der Waals surface area contributed by atoms with Gasteiger partial charge in [-0.1, -0.05) is 19.4 Å². The van der Waals surface area contributed by atoms with Crippen LogP contribution in [0.3, 0.4) is 0 Å². The van der Waals surface area contributed by atoms with Crippen molar-refractivity contribution in [3.05, 3.63) is 28.2 Å². The predicted octanol–water partition coefficient (Wildman–Crippen LogP) is 2.33. The summed E-state index contributed by atoms with van der Waals surface area (Å²) in [5.74, 6) is 0.0388. The van der Waals surface area contributed by atoms with Gasteiger partial charge in [0.15, 0.2) is 0 Å². The first-order valence-corrected chi connectivity index (χ1v) is 6.89. The standard InChI is InChI=1S/C13H20BrN3O/c1-2-3-7-17(8-9-18)11-6-4-5-10(14)12(11)13(15)16/h4-6,18H,2-3,7-9H2,1H3,(H3,15,16). The number of nitrogen functional groups attached to an aromatic ring is 1. The Balaban J connectivity index is 3.10. The molecular weight excluding hydrogens is 294 g/mol. The van der Waals surface area contributed by atoms with Gasteiger partial charge in [-0.3, -0.25) is 5.41 Å². The van der Waals surface area contributed by atoms with Crippen LogP contribution >= 0.6 is 15.9 Å². The Labute approximate surface area is 116 Å². The number of aliphatic hydroxyl groups excluding tert-OH is 1. The highest BCUT2D eigenvalue weighted by molar-refractivity contribution is 9.10. The second kappa shape index (κ2) is 7.38. The first kappa shape index (κ1) is 15.0. The molecule has 0 fully saturated rings. The smallest absolute Gasteiger partial charge is 0.126 e. The number of hydrogen-bond acceptors (Lipinski definition) is 3. The van der Waals surface area contributed by atoms with Crippen LogP contribution in [0.5, 0.6) is 0 Å². The molecule has 0 saturated carbocycles. The number of amidine groups is 1. The summed E-state index contributed by atoms with van der Waals surface area (Å²) in [6.45, 7) is 3.63. The number of nitrogens with zero attached hydrogens (tertiary/aromatic N) is 1. The second-order valence-electron chi connectivity index (χ2n) is 4.11. The van der Waals surface area contributed by atoms with Crippen molar-refractivity contribution in [2.75, 3.05) is 24.6 Å². The van der Waals surface area contributed by atoms with Gasteiger partial charge < -0.3 is 15.7 Å². The Morgan fingerprint density at radius 3 is 2.72 bits per heavy atom. The summed E-state index contributed by atoms with van der Waals surface area (Å²) >= 11 is 3.43. The van der Waals surface area contributed by atoms with Crippen molar-refractivity contribution in [2.24, 2.45) is 5.73 Å². The molecule has 0 aliphatic carbocycles. The molecule has 0 aromatic heterocycles. The normalized spacial score (nSPS) is 10.4. The summed E-state index contributed by atoms with van der Waals surface area (Å²) in [4.78, 5) is 2.07.